The molecule has 0 spiro atoms. The van der Waals surface area contributed by atoms with Crippen LogP contribution >= 0.6 is 0 Å². The van der Waals surface area contributed by atoms with Crippen LogP contribution in [0.25, 0.3) is 0 Å². The number of nitrogens with zero attached hydrogens (tertiary/aromatic N) is 1. The van der Waals surface area contributed by atoms with Gasteiger partial charge in [-0.05, 0) is 18.9 Å². The predicted molar refractivity (Wildman–Crippen MR) is 75.8 cm³/mol. The number of fused-ring (bicyclic) bond motifs is 1. The number of aliphatic carboxylic acids is 1. The molecule has 0 saturated carbocycles. The van der Waals surface area contributed by atoms with Gasteiger partial charge in [-0.15, -0.1) is 0 Å². The highest BCUT2D eigenvalue weighted by atomic mass is 32.2. The summed E-state index contributed by atoms with van der Waals surface area (Å²) in [7, 11) is -3.14. The molecule has 1 aliphatic heterocycles. The van der Waals surface area contributed by atoms with Crippen molar-refractivity contribution in [2.75, 3.05) is 18.1 Å². The number of carboxylic acid groups (broad SMARTS) is 1. The van der Waals surface area contributed by atoms with E-state index in [2.05, 4.69) is 4.90 Å². The zero-order valence-corrected chi connectivity index (χ0v) is 12.5. The topological polar surface area (TPSA) is 87.8 Å². The molecule has 21 heavy (non-hydrogen) atoms. The largest absolute Gasteiger partial charge is 0.481 e. The van der Waals surface area contributed by atoms with Crippen LogP contribution in [0, 0.1) is 0 Å². The van der Waals surface area contributed by atoms with Crippen LogP contribution in [0.2, 0.25) is 0 Å². The number of furan rings is 1. The Balaban J connectivity index is 1.88. The van der Waals surface area contributed by atoms with Gasteiger partial charge in [-0.1, -0.05) is 0 Å². The number of hydrogen-bond donors (Lipinski definition) is 1. The van der Waals surface area contributed by atoms with Crippen molar-refractivity contribution in [3.8, 4) is 0 Å². The van der Waals surface area contributed by atoms with Crippen molar-refractivity contribution in [1.29, 1.82) is 0 Å². The van der Waals surface area contributed by atoms with Crippen molar-refractivity contribution in [3.05, 3.63) is 23.7 Å². The molecule has 0 amide bonds. The average molecular weight is 313 g/mol. The van der Waals surface area contributed by atoms with Crippen molar-refractivity contribution in [3.63, 3.8) is 0 Å². The standard InChI is InChI=1S/C14H19NO5S/c16-14(17)8-10-9-21(18,19)7-5-15(10)12-2-1-3-13-11(12)4-6-20-13/h4,6,10,12H,1-3,5,7-9H2,(H,16,17). The number of sulfone groups is 1. The quantitative estimate of drug-likeness (QED) is 0.903. The summed E-state index contributed by atoms with van der Waals surface area (Å²) >= 11 is 0. The molecule has 1 aromatic heterocycles. The maximum atomic E-state index is 11.8. The summed E-state index contributed by atoms with van der Waals surface area (Å²) in [6.07, 6.45) is 4.32. The second-order valence-corrected chi connectivity index (χ2v) is 8.04. The highest BCUT2D eigenvalue weighted by Crippen LogP contribution is 2.37. The van der Waals surface area contributed by atoms with E-state index in [9.17, 15) is 13.2 Å². The van der Waals surface area contributed by atoms with Crippen molar-refractivity contribution >= 4 is 15.8 Å². The van der Waals surface area contributed by atoms with E-state index in [1.165, 1.54) is 0 Å². The molecular formula is C14H19NO5S. The van der Waals surface area contributed by atoms with E-state index < -0.39 is 21.8 Å². The van der Waals surface area contributed by atoms with Gasteiger partial charge in [0.25, 0.3) is 0 Å². The molecule has 7 heteroatoms. The Kier molecular flexibility index (Phi) is 3.79. The summed E-state index contributed by atoms with van der Waals surface area (Å²) in [6.45, 7) is 0.398. The summed E-state index contributed by atoms with van der Waals surface area (Å²) in [5, 5.41) is 9.07. The van der Waals surface area contributed by atoms with Crippen LogP contribution in [-0.4, -0.2) is 48.5 Å². The van der Waals surface area contributed by atoms with Crippen molar-refractivity contribution < 1.29 is 22.7 Å². The molecule has 0 aromatic carbocycles. The third-order valence-corrected chi connectivity index (χ3v) is 6.10. The van der Waals surface area contributed by atoms with Gasteiger partial charge in [-0.2, -0.15) is 0 Å². The van der Waals surface area contributed by atoms with E-state index in [1.807, 2.05) is 6.07 Å². The molecule has 2 heterocycles. The highest BCUT2D eigenvalue weighted by Gasteiger charge is 2.38. The molecule has 0 radical (unpaired) electrons. The maximum absolute atomic E-state index is 11.8. The first-order valence-electron chi connectivity index (χ1n) is 7.20. The van der Waals surface area contributed by atoms with Gasteiger partial charge in [0.2, 0.25) is 0 Å². The monoisotopic (exact) mass is 313 g/mol. The molecule has 1 aromatic rings. The predicted octanol–water partition coefficient (Wildman–Crippen LogP) is 1.23. The minimum absolute atomic E-state index is 0.0665. The molecule has 1 aliphatic carbocycles. The lowest BCUT2D eigenvalue weighted by molar-refractivity contribution is -0.138. The Morgan fingerprint density at radius 2 is 2.29 bits per heavy atom. The molecular weight excluding hydrogens is 294 g/mol. The Morgan fingerprint density at radius 3 is 3.05 bits per heavy atom. The molecule has 2 aliphatic rings. The van der Waals surface area contributed by atoms with E-state index in [-0.39, 0.29) is 24.0 Å². The van der Waals surface area contributed by atoms with Gasteiger partial charge in [0.1, 0.15) is 5.76 Å². The zero-order valence-electron chi connectivity index (χ0n) is 11.7. The van der Waals surface area contributed by atoms with Crippen LogP contribution in [-0.2, 0) is 21.1 Å². The van der Waals surface area contributed by atoms with E-state index in [1.54, 1.807) is 6.26 Å². The fraction of sp³-hybridized carbons (Fsp3) is 0.643. The van der Waals surface area contributed by atoms with Crippen LogP contribution in [0.3, 0.4) is 0 Å². The lowest BCUT2D eigenvalue weighted by Gasteiger charge is -2.41. The fourth-order valence-electron chi connectivity index (χ4n) is 3.49. The Labute approximate surface area is 123 Å². The molecule has 1 N–H and O–H groups in total. The van der Waals surface area contributed by atoms with Gasteiger partial charge in [-0.25, -0.2) is 8.42 Å². The molecule has 2 atom stereocenters. The number of carboxylic acids is 1. The molecule has 2 unspecified atom stereocenters. The second-order valence-electron chi connectivity index (χ2n) is 5.81. The number of aryl methyl sites for hydroxylation is 1. The average Bonchev–Trinajstić information content (AvgIpc) is 2.85. The van der Waals surface area contributed by atoms with Crippen LogP contribution in [0.15, 0.2) is 16.7 Å². The third-order valence-electron chi connectivity index (χ3n) is 4.41. The molecule has 1 saturated heterocycles. The van der Waals surface area contributed by atoms with Crippen LogP contribution in [0.1, 0.15) is 36.6 Å². The molecule has 6 nitrogen and oxygen atoms in total. The van der Waals surface area contributed by atoms with E-state index in [0.29, 0.717) is 6.54 Å². The zero-order chi connectivity index (χ0) is 15.0. The normalized spacial score (nSPS) is 29.0. The molecule has 116 valence electrons. The maximum Gasteiger partial charge on any atom is 0.304 e. The Bertz CT molecular complexity index is 636. The number of rotatable bonds is 3. The van der Waals surface area contributed by atoms with Gasteiger partial charge >= 0.3 is 5.97 Å². The first-order valence-corrected chi connectivity index (χ1v) is 9.02. The van der Waals surface area contributed by atoms with Crippen molar-refractivity contribution in [1.82, 2.24) is 4.90 Å². The van der Waals surface area contributed by atoms with Crippen LogP contribution in [0.5, 0.6) is 0 Å². The Morgan fingerprint density at radius 1 is 1.48 bits per heavy atom. The molecule has 1 fully saturated rings. The lowest BCUT2D eigenvalue weighted by Crippen LogP contribution is -2.51. The van der Waals surface area contributed by atoms with E-state index >= 15 is 0 Å². The molecule has 3 rings (SSSR count). The minimum atomic E-state index is -3.14. The fourth-order valence-corrected chi connectivity index (χ4v) is 5.05. The van der Waals surface area contributed by atoms with Crippen molar-refractivity contribution in [2.24, 2.45) is 0 Å². The van der Waals surface area contributed by atoms with E-state index in [0.717, 1.165) is 30.6 Å². The van der Waals surface area contributed by atoms with Gasteiger partial charge in [0.15, 0.2) is 9.84 Å². The minimum Gasteiger partial charge on any atom is -0.481 e. The summed E-state index contributed by atoms with van der Waals surface area (Å²) in [5.41, 5.74) is 1.09. The summed E-state index contributed by atoms with van der Waals surface area (Å²) in [6, 6.07) is 1.56. The van der Waals surface area contributed by atoms with Crippen molar-refractivity contribution in [2.45, 2.75) is 37.8 Å². The second kappa shape index (κ2) is 5.46. The number of hydrogen-bond acceptors (Lipinski definition) is 5. The smallest absolute Gasteiger partial charge is 0.304 e. The van der Waals surface area contributed by atoms with Gasteiger partial charge in [0, 0.05) is 30.6 Å². The number of carbonyl (C=O) groups is 1. The van der Waals surface area contributed by atoms with Crippen LogP contribution in [0.4, 0.5) is 0 Å². The van der Waals surface area contributed by atoms with E-state index in [4.69, 9.17) is 9.52 Å². The SMILES string of the molecule is O=C(O)CC1CS(=O)(=O)CCN1C1CCCc2occc21. The van der Waals surface area contributed by atoms with Crippen LogP contribution < -0.4 is 0 Å². The van der Waals surface area contributed by atoms with Gasteiger partial charge < -0.3 is 9.52 Å². The molecule has 0 bridgehead atoms. The first-order chi connectivity index (χ1) is 9.96. The highest BCUT2D eigenvalue weighted by molar-refractivity contribution is 7.91. The third kappa shape index (κ3) is 2.98. The van der Waals surface area contributed by atoms with Gasteiger partial charge in [0.05, 0.1) is 24.2 Å². The lowest BCUT2D eigenvalue weighted by atomic mass is 9.91. The summed E-state index contributed by atoms with van der Waals surface area (Å²) < 4.78 is 29.1. The summed E-state index contributed by atoms with van der Waals surface area (Å²) in [4.78, 5) is 13.1. The first kappa shape index (κ1) is 14.6. The Hall–Kier alpha value is -1.34. The van der Waals surface area contributed by atoms with Gasteiger partial charge in [-0.3, -0.25) is 9.69 Å². The summed E-state index contributed by atoms with van der Waals surface area (Å²) in [5.74, 6) is 0.0366.